The van der Waals surface area contributed by atoms with Gasteiger partial charge in [0.05, 0.1) is 5.02 Å². The van der Waals surface area contributed by atoms with Crippen molar-refractivity contribution in [2.24, 2.45) is 0 Å². The molecule has 0 amide bonds. The third-order valence-electron chi connectivity index (χ3n) is 2.49. The molecule has 0 radical (unpaired) electrons. The van der Waals surface area contributed by atoms with E-state index in [1.54, 1.807) is 6.07 Å². The van der Waals surface area contributed by atoms with Crippen molar-refractivity contribution in [2.75, 3.05) is 0 Å². The Bertz CT molecular complexity index is 605. The predicted octanol–water partition coefficient (Wildman–Crippen LogP) is 4.00. The molecule has 18 heavy (non-hydrogen) atoms. The Hall–Kier alpha value is -1.68. The zero-order valence-electron chi connectivity index (χ0n) is 9.47. The molecule has 1 heterocycles. The number of hydrogen-bond acceptors (Lipinski definition) is 2. The molecule has 0 bridgehead atoms. The number of furan rings is 1. The summed E-state index contributed by atoms with van der Waals surface area (Å²) in [5.41, 5.74) is -0.118. The largest absolute Gasteiger partial charge is 0.458 e. The van der Waals surface area contributed by atoms with Crippen molar-refractivity contribution in [3.8, 4) is 0 Å². The van der Waals surface area contributed by atoms with E-state index in [4.69, 9.17) is 16.0 Å². The fourth-order valence-corrected chi connectivity index (χ4v) is 1.76. The number of halogens is 3. The van der Waals surface area contributed by atoms with E-state index in [0.717, 1.165) is 12.1 Å². The number of carbonyl (C=O) groups is 1. The fourth-order valence-electron chi connectivity index (χ4n) is 1.52. The maximum atomic E-state index is 13.1. The highest BCUT2D eigenvalue weighted by Crippen LogP contribution is 2.23. The van der Waals surface area contributed by atoms with Gasteiger partial charge in [-0.3, -0.25) is 4.79 Å². The molecule has 2 nitrogen and oxygen atoms in total. The molecule has 0 unspecified atom stereocenters. The van der Waals surface area contributed by atoms with Crippen LogP contribution < -0.4 is 0 Å². The van der Waals surface area contributed by atoms with Gasteiger partial charge in [0, 0.05) is 12.0 Å². The highest BCUT2D eigenvalue weighted by Gasteiger charge is 2.19. The monoisotopic (exact) mass is 270 g/mol. The first kappa shape index (κ1) is 12.8. The molecule has 0 aliphatic rings. The van der Waals surface area contributed by atoms with Crippen molar-refractivity contribution in [3.63, 3.8) is 0 Å². The summed E-state index contributed by atoms with van der Waals surface area (Å²) in [6.07, 6.45) is 0.638. The molecule has 1 aromatic heterocycles. The van der Waals surface area contributed by atoms with Gasteiger partial charge in [-0.2, -0.15) is 0 Å². The molecule has 0 aliphatic carbocycles. The van der Waals surface area contributed by atoms with E-state index >= 15 is 0 Å². The van der Waals surface area contributed by atoms with Crippen molar-refractivity contribution in [2.45, 2.75) is 13.3 Å². The van der Waals surface area contributed by atoms with Gasteiger partial charge in [0.15, 0.2) is 17.4 Å². The second-order valence-electron chi connectivity index (χ2n) is 3.69. The van der Waals surface area contributed by atoms with Crippen LogP contribution in [-0.4, -0.2) is 5.78 Å². The first-order valence-corrected chi connectivity index (χ1v) is 5.68. The normalized spacial score (nSPS) is 10.7. The molecule has 0 fully saturated rings. The summed E-state index contributed by atoms with van der Waals surface area (Å²) in [6, 6.07) is 4.68. The lowest BCUT2D eigenvalue weighted by Crippen LogP contribution is -2.02. The van der Waals surface area contributed by atoms with E-state index in [0.29, 0.717) is 12.2 Å². The van der Waals surface area contributed by atoms with Gasteiger partial charge < -0.3 is 4.42 Å². The average molecular weight is 271 g/mol. The molecule has 5 heteroatoms. The summed E-state index contributed by atoms with van der Waals surface area (Å²) >= 11 is 5.72. The van der Waals surface area contributed by atoms with E-state index in [1.165, 1.54) is 6.07 Å². The van der Waals surface area contributed by atoms with E-state index in [2.05, 4.69) is 0 Å². The Kier molecular flexibility index (Phi) is 3.48. The maximum Gasteiger partial charge on any atom is 0.229 e. The summed E-state index contributed by atoms with van der Waals surface area (Å²) < 4.78 is 31.2. The van der Waals surface area contributed by atoms with E-state index in [9.17, 15) is 13.6 Å². The number of benzene rings is 1. The van der Waals surface area contributed by atoms with Crippen LogP contribution in [0.15, 0.2) is 28.7 Å². The quantitative estimate of drug-likeness (QED) is 0.623. The van der Waals surface area contributed by atoms with E-state index < -0.39 is 17.4 Å². The Morgan fingerprint density at radius 3 is 2.56 bits per heavy atom. The first-order chi connectivity index (χ1) is 8.52. The standard InChI is InChI=1S/C13H9ClF2O2/c1-2-7-3-4-12(18-7)13(17)8-5-10(15)11(16)6-9(8)14/h3-6H,2H2,1H3. The third-order valence-corrected chi connectivity index (χ3v) is 2.80. The van der Waals surface area contributed by atoms with Gasteiger partial charge in [-0.15, -0.1) is 0 Å². The van der Waals surface area contributed by atoms with Crippen molar-refractivity contribution >= 4 is 17.4 Å². The molecule has 0 spiro atoms. The van der Waals surface area contributed by atoms with Crippen molar-refractivity contribution < 1.29 is 18.0 Å². The van der Waals surface area contributed by atoms with Crippen LogP contribution in [0.25, 0.3) is 0 Å². The Morgan fingerprint density at radius 1 is 1.28 bits per heavy atom. The van der Waals surface area contributed by atoms with Gasteiger partial charge in [-0.1, -0.05) is 18.5 Å². The minimum atomic E-state index is -1.12. The second kappa shape index (κ2) is 4.90. The number of hydrogen-bond donors (Lipinski definition) is 0. The molecular weight excluding hydrogens is 262 g/mol. The predicted molar refractivity (Wildman–Crippen MR) is 62.9 cm³/mol. The van der Waals surface area contributed by atoms with Crippen LogP contribution in [0.3, 0.4) is 0 Å². The van der Waals surface area contributed by atoms with Crippen molar-refractivity contribution in [1.82, 2.24) is 0 Å². The minimum absolute atomic E-state index is 0.0553. The Balaban J connectivity index is 2.42. The Morgan fingerprint density at radius 2 is 1.94 bits per heavy atom. The van der Waals surface area contributed by atoms with Crippen LogP contribution in [0, 0.1) is 11.6 Å². The van der Waals surface area contributed by atoms with Crippen LogP contribution in [0.5, 0.6) is 0 Å². The van der Waals surface area contributed by atoms with E-state index in [-0.39, 0.29) is 16.3 Å². The Labute approximate surface area is 107 Å². The molecule has 1 aromatic carbocycles. The third kappa shape index (κ3) is 2.29. The molecule has 2 rings (SSSR count). The second-order valence-corrected chi connectivity index (χ2v) is 4.10. The zero-order valence-corrected chi connectivity index (χ0v) is 10.2. The average Bonchev–Trinajstić information content (AvgIpc) is 2.81. The lowest BCUT2D eigenvalue weighted by molar-refractivity contribution is 0.101. The van der Waals surface area contributed by atoms with E-state index in [1.807, 2.05) is 6.92 Å². The van der Waals surface area contributed by atoms with Gasteiger partial charge in [0.25, 0.3) is 0 Å². The lowest BCUT2D eigenvalue weighted by atomic mass is 10.1. The van der Waals surface area contributed by atoms with Crippen LogP contribution in [0.1, 0.15) is 28.8 Å². The number of aryl methyl sites for hydroxylation is 1. The molecule has 2 aromatic rings. The highest BCUT2D eigenvalue weighted by molar-refractivity contribution is 6.34. The lowest BCUT2D eigenvalue weighted by Gasteiger charge is -2.02. The number of rotatable bonds is 3. The highest BCUT2D eigenvalue weighted by atomic mass is 35.5. The fraction of sp³-hybridized carbons (Fsp3) is 0.154. The molecular formula is C13H9ClF2O2. The van der Waals surface area contributed by atoms with Gasteiger partial charge in [0.2, 0.25) is 5.78 Å². The van der Waals surface area contributed by atoms with Crippen LogP contribution in [-0.2, 0) is 6.42 Å². The number of ketones is 1. The summed E-state index contributed by atoms with van der Waals surface area (Å²) in [7, 11) is 0. The van der Waals surface area contributed by atoms with Gasteiger partial charge >= 0.3 is 0 Å². The van der Waals surface area contributed by atoms with Gasteiger partial charge in [0.1, 0.15) is 5.76 Å². The molecule has 0 saturated carbocycles. The van der Waals surface area contributed by atoms with Crippen molar-refractivity contribution in [3.05, 3.63) is 58.0 Å². The molecule has 0 atom stereocenters. The zero-order chi connectivity index (χ0) is 13.3. The van der Waals surface area contributed by atoms with Crippen LogP contribution in [0.4, 0.5) is 8.78 Å². The minimum Gasteiger partial charge on any atom is -0.458 e. The summed E-state index contributed by atoms with van der Waals surface area (Å²) in [6.45, 7) is 1.87. The first-order valence-electron chi connectivity index (χ1n) is 5.31. The summed E-state index contributed by atoms with van der Waals surface area (Å²) in [5, 5.41) is -0.145. The molecule has 0 N–H and O–H groups in total. The summed E-state index contributed by atoms with van der Waals surface area (Å²) in [4.78, 5) is 12.0. The smallest absolute Gasteiger partial charge is 0.229 e. The summed E-state index contributed by atoms with van der Waals surface area (Å²) in [5.74, 6) is -2.09. The van der Waals surface area contributed by atoms with Crippen LogP contribution in [0.2, 0.25) is 5.02 Å². The van der Waals surface area contributed by atoms with Gasteiger partial charge in [-0.25, -0.2) is 8.78 Å². The van der Waals surface area contributed by atoms with Crippen LogP contribution >= 0.6 is 11.6 Å². The van der Waals surface area contributed by atoms with Gasteiger partial charge in [-0.05, 0) is 24.3 Å². The molecule has 0 saturated heterocycles. The SMILES string of the molecule is CCc1ccc(C(=O)c2cc(F)c(F)cc2Cl)o1. The topological polar surface area (TPSA) is 30.2 Å². The molecule has 0 aliphatic heterocycles. The van der Waals surface area contributed by atoms with Crippen molar-refractivity contribution in [1.29, 1.82) is 0 Å². The number of carbonyl (C=O) groups excluding carboxylic acids is 1. The maximum absolute atomic E-state index is 13.1. The molecule has 94 valence electrons.